The fourth-order valence-corrected chi connectivity index (χ4v) is 2.63. The summed E-state index contributed by atoms with van der Waals surface area (Å²) in [5.41, 5.74) is 2.61. The van der Waals surface area contributed by atoms with Crippen LogP contribution in [0.1, 0.15) is 19.5 Å². The third kappa shape index (κ3) is 2.88. The van der Waals surface area contributed by atoms with Gasteiger partial charge in [0.15, 0.2) is 0 Å². The predicted octanol–water partition coefficient (Wildman–Crippen LogP) is 0.508. The van der Waals surface area contributed by atoms with Crippen LogP contribution in [-0.2, 0) is 0 Å². The van der Waals surface area contributed by atoms with Gasteiger partial charge in [-0.2, -0.15) is 4.98 Å². The van der Waals surface area contributed by atoms with Crippen molar-refractivity contribution in [1.82, 2.24) is 14.9 Å². The maximum atomic E-state index is 11.3. The van der Waals surface area contributed by atoms with Crippen molar-refractivity contribution in [1.29, 1.82) is 0 Å². The molecule has 0 radical (unpaired) electrons. The molecule has 1 fully saturated rings. The Morgan fingerprint density at radius 3 is 2.38 bits per heavy atom. The smallest absolute Gasteiger partial charge is 0.332 e. The van der Waals surface area contributed by atoms with E-state index >= 15 is 0 Å². The third-order valence-electron chi connectivity index (χ3n) is 4.01. The van der Waals surface area contributed by atoms with Crippen molar-refractivity contribution in [2.45, 2.75) is 32.9 Å². The predicted molar refractivity (Wildman–Crippen MR) is 80.1 cm³/mol. The first-order valence-electron chi connectivity index (χ1n) is 6.81. The summed E-state index contributed by atoms with van der Waals surface area (Å²) in [5, 5.41) is 11.3. The van der Waals surface area contributed by atoms with Crippen molar-refractivity contribution in [3.05, 3.63) is 15.8 Å². The lowest BCUT2D eigenvalue weighted by atomic mass is 10.1. The van der Waals surface area contributed by atoms with Crippen LogP contribution in [-0.4, -0.2) is 52.0 Å². The number of hydrogen-bond donors (Lipinski definition) is 2. The number of nitrogens with two attached hydrogens (primary N) is 1. The van der Waals surface area contributed by atoms with E-state index in [9.17, 15) is 10.1 Å². The highest BCUT2D eigenvalue weighted by atomic mass is 16.6. The lowest BCUT2D eigenvalue weighted by Gasteiger charge is -2.42. The lowest BCUT2D eigenvalue weighted by molar-refractivity contribution is -0.385. The molecule has 2 atom stereocenters. The van der Waals surface area contributed by atoms with E-state index in [1.807, 2.05) is 4.90 Å². The monoisotopic (exact) mass is 295 g/mol. The number of nitrogens with one attached hydrogen (secondary N) is 1. The minimum absolute atomic E-state index is 0.0575. The second-order valence-electron chi connectivity index (χ2n) is 5.47. The Morgan fingerprint density at radius 2 is 1.90 bits per heavy atom. The van der Waals surface area contributed by atoms with Gasteiger partial charge in [0.2, 0.25) is 11.8 Å². The molecule has 1 aliphatic heterocycles. The number of hydrazine groups is 1. The van der Waals surface area contributed by atoms with Crippen molar-refractivity contribution in [3.63, 3.8) is 0 Å². The SMILES string of the molecule is Cc1nc(NN)nc(N2CC(C)N(C)C(C)C2)c1[N+](=O)[O-]. The van der Waals surface area contributed by atoms with E-state index in [1.165, 1.54) is 0 Å². The van der Waals surface area contributed by atoms with Crippen molar-refractivity contribution >= 4 is 17.5 Å². The number of nitrogen functional groups attached to an aromatic ring is 1. The van der Waals surface area contributed by atoms with Gasteiger partial charge in [0.1, 0.15) is 5.69 Å². The van der Waals surface area contributed by atoms with Crippen LogP contribution in [0.25, 0.3) is 0 Å². The topological polar surface area (TPSA) is 113 Å². The van der Waals surface area contributed by atoms with Gasteiger partial charge in [-0.15, -0.1) is 0 Å². The molecule has 9 nitrogen and oxygen atoms in total. The van der Waals surface area contributed by atoms with Gasteiger partial charge in [-0.25, -0.2) is 10.8 Å². The molecule has 2 unspecified atom stereocenters. The van der Waals surface area contributed by atoms with E-state index in [4.69, 9.17) is 5.84 Å². The fourth-order valence-electron chi connectivity index (χ4n) is 2.63. The number of piperazine rings is 1. The maximum absolute atomic E-state index is 11.3. The molecule has 1 saturated heterocycles. The number of aryl methyl sites for hydroxylation is 1. The minimum Gasteiger partial charge on any atom is -0.348 e. The van der Waals surface area contributed by atoms with Gasteiger partial charge in [0.05, 0.1) is 4.92 Å². The lowest BCUT2D eigenvalue weighted by Crippen LogP contribution is -2.55. The van der Waals surface area contributed by atoms with Crippen LogP contribution in [0.3, 0.4) is 0 Å². The number of rotatable bonds is 3. The van der Waals surface area contributed by atoms with Crippen LogP contribution in [0.2, 0.25) is 0 Å². The molecule has 0 saturated carbocycles. The Morgan fingerprint density at radius 1 is 1.33 bits per heavy atom. The van der Waals surface area contributed by atoms with Crippen LogP contribution in [0, 0.1) is 17.0 Å². The zero-order valence-electron chi connectivity index (χ0n) is 12.7. The normalized spacial score (nSPS) is 23.2. The highest BCUT2D eigenvalue weighted by Gasteiger charge is 2.33. The van der Waals surface area contributed by atoms with Crippen molar-refractivity contribution < 1.29 is 4.92 Å². The molecule has 0 aliphatic carbocycles. The van der Waals surface area contributed by atoms with Gasteiger partial charge in [-0.1, -0.05) is 0 Å². The van der Waals surface area contributed by atoms with Gasteiger partial charge >= 0.3 is 5.69 Å². The van der Waals surface area contributed by atoms with E-state index in [0.29, 0.717) is 24.6 Å². The Kier molecular flexibility index (Phi) is 4.24. The maximum Gasteiger partial charge on any atom is 0.332 e. The van der Waals surface area contributed by atoms with Crippen LogP contribution in [0.15, 0.2) is 0 Å². The standard InChI is InChI=1S/C12H21N7O2/c1-7-5-18(6-8(2)17(7)4)11-10(19(20)21)9(3)14-12(15-11)16-13/h7-8H,5-6,13H2,1-4H3,(H,14,15,16). The summed E-state index contributed by atoms with van der Waals surface area (Å²) < 4.78 is 0. The summed E-state index contributed by atoms with van der Waals surface area (Å²) in [5.74, 6) is 5.86. The number of aromatic nitrogens is 2. The highest BCUT2D eigenvalue weighted by Crippen LogP contribution is 2.31. The molecule has 21 heavy (non-hydrogen) atoms. The first kappa shape index (κ1) is 15.4. The minimum atomic E-state index is -0.432. The molecule has 1 aromatic rings. The summed E-state index contributed by atoms with van der Waals surface area (Å²) in [7, 11) is 2.05. The van der Waals surface area contributed by atoms with Crippen molar-refractivity contribution in [2.24, 2.45) is 5.84 Å². The van der Waals surface area contributed by atoms with Crippen LogP contribution in [0.4, 0.5) is 17.5 Å². The summed E-state index contributed by atoms with van der Waals surface area (Å²) >= 11 is 0. The Labute approximate surface area is 123 Å². The molecule has 1 aliphatic rings. The van der Waals surface area contributed by atoms with Crippen LogP contribution in [0.5, 0.6) is 0 Å². The van der Waals surface area contributed by atoms with Gasteiger partial charge in [-0.05, 0) is 27.8 Å². The molecular weight excluding hydrogens is 274 g/mol. The van der Waals surface area contributed by atoms with E-state index in [2.05, 4.69) is 41.2 Å². The van der Waals surface area contributed by atoms with E-state index < -0.39 is 4.92 Å². The number of hydrogen-bond acceptors (Lipinski definition) is 8. The summed E-state index contributed by atoms with van der Waals surface area (Å²) in [4.78, 5) is 23.3. The largest absolute Gasteiger partial charge is 0.348 e. The number of anilines is 2. The zero-order chi connectivity index (χ0) is 15.7. The first-order valence-corrected chi connectivity index (χ1v) is 6.81. The average Bonchev–Trinajstić information content (AvgIpc) is 2.42. The molecule has 1 aromatic heterocycles. The number of likely N-dealkylation sites (N-methyl/N-ethyl adjacent to an activating group) is 1. The molecule has 0 aromatic carbocycles. The summed E-state index contributed by atoms with van der Waals surface area (Å²) in [6.45, 7) is 7.10. The van der Waals surface area contributed by atoms with Crippen molar-refractivity contribution in [2.75, 3.05) is 30.5 Å². The fraction of sp³-hybridized carbons (Fsp3) is 0.667. The Hall–Kier alpha value is -2.00. The molecule has 9 heteroatoms. The quantitative estimate of drug-likeness (QED) is 0.471. The molecule has 116 valence electrons. The molecule has 0 spiro atoms. The molecule has 0 bridgehead atoms. The van der Waals surface area contributed by atoms with Gasteiger partial charge < -0.3 is 4.90 Å². The highest BCUT2D eigenvalue weighted by molar-refractivity contribution is 5.62. The molecule has 2 rings (SSSR count). The van der Waals surface area contributed by atoms with E-state index in [0.717, 1.165) is 0 Å². The Balaban J connectivity index is 2.46. The molecule has 2 heterocycles. The van der Waals surface area contributed by atoms with Crippen molar-refractivity contribution in [3.8, 4) is 0 Å². The summed E-state index contributed by atoms with van der Waals surface area (Å²) in [6, 6.07) is 0.552. The van der Waals surface area contributed by atoms with E-state index in [-0.39, 0.29) is 23.7 Å². The average molecular weight is 295 g/mol. The molecule has 3 N–H and O–H groups in total. The number of nitrogens with zero attached hydrogens (tertiary/aromatic N) is 5. The van der Waals surface area contributed by atoms with Gasteiger partial charge in [0.25, 0.3) is 0 Å². The molecule has 0 amide bonds. The van der Waals surface area contributed by atoms with Gasteiger partial charge in [0, 0.05) is 25.2 Å². The van der Waals surface area contributed by atoms with Gasteiger partial charge in [-0.3, -0.25) is 20.4 Å². The summed E-state index contributed by atoms with van der Waals surface area (Å²) in [6.07, 6.45) is 0. The number of nitro groups is 1. The van der Waals surface area contributed by atoms with E-state index in [1.54, 1.807) is 6.92 Å². The second-order valence-corrected chi connectivity index (χ2v) is 5.47. The second kappa shape index (κ2) is 5.78. The first-order chi connectivity index (χ1) is 9.85. The molecular formula is C12H21N7O2. The van der Waals surface area contributed by atoms with Crippen LogP contribution < -0.4 is 16.2 Å². The zero-order valence-corrected chi connectivity index (χ0v) is 12.7. The Bertz CT molecular complexity index is 539. The third-order valence-corrected chi connectivity index (χ3v) is 4.01. The van der Waals surface area contributed by atoms with Crippen LogP contribution >= 0.6 is 0 Å².